The predicted octanol–water partition coefficient (Wildman–Crippen LogP) is 2.98. The van der Waals surface area contributed by atoms with Crippen LogP contribution in [-0.2, 0) is 16.1 Å². The summed E-state index contributed by atoms with van der Waals surface area (Å²) in [6.45, 7) is 3.87. The average Bonchev–Trinajstić information content (AvgIpc) is 3.34. The molecule has 4 N–H and O–H groups in total. The van der Waals surface area contributed by atoms with Crippen LogP contribution in [-0.4, -0.2) is 46.7 Å². The third-order valence-corrected chi connectivity index (χ3v) is 6.51. The highest BCUT2D eigenvalue weighted by Gasteiger charge is 2.51. The lowest BCUT2D eigenvalue weighted by Gasteiger charge is -2.45. The van der Waals surface area contributed by atoms with E-state index < -0.39 is 5.91 Å². The first-order valence-corrected chi connectivity index (χ1v) is 10.9. The van der Waals surface area contributed by atoms with Gasteiger partial charge in [0.1, 0.15) is 17.1 Å². The van der Waals surface area contributed by atoms with E-state index in [9.17, 15) is 9.59 Å². The number of likely N-dealkylation sites (tertiary alicyclic amines) is 1. The Morgan fingerprint density at radius 2 is 1.97 bits per heavy atom. The zero-order chi connectivity index (χ0) is 22.9. The molecule has 176 valence electrons. The standard InChI is InChI=1S/C24H29N5O3.CH4/c1-3-4-5-19(30)28-11-10-24(15-28)12-18(13-24)29-22(25)20(23(26)31)21(27-29)17-8-6-16(7-9-17)14-32-2;/h6-9,18H,3,10-15,25H2,1-2H3,(H2,26,31);1H4. The molecule has 2 aliphatic rings. The van der Waals surface area contributed by atoms with Crippen LogP contribution < -0.4 is 11.5 Å². The van der Waals surface area contributed by atoms with Gasteiger partial charge in [0, 0.05) is 32.2 Å². The summed E-state index contributed by atoms with van der Waals surface area (Å²) in [6, 6.07) is 7.73. The highest BCUT2D eigenvalue weighted by atomic mass is 16.5. The molecule has 2 aromatic rings. The van der Waals surface area contributed by atoms with Crippen molar-refractivity contribution < 1.29 is 14.3 Å². The maximum Gasteiger partial charge on any atom is 0.298 e. The molecule has 1 spiro atoms. The maximum atomic E-state index is 12.2. The van der Waals surface area contributed by atoms with Gasteiger partial charge < -0.3 is 21.1 Å². The number of nitrogen functional groups attached to an aromatic ring is 1. The molecule has 1 saturated heterocycles. The average molecular weight is 452 g/mol. The third-order valence-electron chi connectivity index (χ3n) is 6.51. The van der Waals surface area contributed by atoms with Gasteiger partial charge in [0.15, 0.2) is 0 Å². The Hall–Kier alpha value is -3.31. The normalized spacial score (nSPS) is 21.2. The van der Waals surface area contributed by atoms with E-state index in [0.717, 1.165) is 36.9 Å². The molecule has 0 radical (unpaired) electrons. The largest absolute Gasteiger partial charge is 0.383 e. The Morgan fingerprint density at radius 1 is 1.27 bits per heavy atom. The van der Waals surface area contributed by atoms with Gasteiger partial charge in [-0.1, -0.05) is 44.5 Å². The van der Waals surface area contributed by atoms with E-state index in [1.165, 1.54) is 0 Å². The van der Waals surface area contributed by atoms with Crippen LogP contribution in [0.4, 0.5) is 5.82 Å². The summed E-state index contributed by atoms with van der Waals surface area (Å²) < 4.78 is 6.90. The quantitative estimate of drug-likeness (QED) is 0.678. The summed E-state index contributed by atoms with van der Waals surface area (Å²) in [5.41, 5.74) is 14.6. The zero-order valence-corrected chi connectivity index (χ0v) is 18.6. The van der Waals surface area contributed by atoms with Crippen molar-refractivity contribution in [3.63, 3.8) is 0 Å². The lowest BCUT2D eigenvalue weighted by atomic mass is 9.65. The third kappa shape index (κ3) is 4.60. The lowest BCUT2D eigenvalue weighted by molar-refractivity contribution is -0.125. The van der Waals surface area contributed by atoms with Gasteiger partial charge in [-0.05, 0) is 36.2 Å². The number of aromatic nitrogens is 2. The van der Waals surface area contributed by atoms with Crippen molar-refractivity contribution in [1.29, 1.82) is 0 Å². The molecule has 2 fully saturated rings. The summed E-state index contributed by atoms with van der Waals surface area (Å²) >= 11 is 0. The number of amides is 2. The SMILES string of the molecule is C.CCC#CC(=O)N1CCC2(CC(n3nc(-c4ccc(COC)cc4)c(C(N)=O)c3N)C2)C1. The van der Waals surface area contributed by atoms with Gasteiger partial charge in [-0.25, -0.2) is 4.68 Å². The molecular weight excluding hydrogens is 418 g/mol. The monoisotopic (exact) mass is 451 g/mol. The number of hydrogen-bond acceptors (Lipinski definition) is 5. The molecule has 0 unspecified atom stereocenters. The van der Waals surface area contributed by atoms with Crippen LogP contribution in [0.5, 0.6) is 0 Å². The number of benzene rings is 1. The Labute approximate surface area is 195 Å². The molecule has 1 aliphatic carbocycles. The highest BCUT2D eigenvalue weighted by molar-refractivity contribution is 6.03. The van der Waals surface area contributed by atoms with Crippen molar-refractivity contribution in [2.45, 2.75) is 52.7 Å². The van der Waals surface area contributed by atoms with Gasteiger partial charge in [0.2, 0.25) is 0 Å². The summed E-state index contributed by atoms with van der Waals surface area (Å²) in [5.74, 6) is 5.17. The predicted molar refractivity (Wildman–Crippen MR) is 128 cm³/mol. The second kappa shape index (κ2) is 9.67. The number of primary amides is 1. The fourth-order valence-corrected chi connectivity index (χ4v) is 4.89. The van der Waals surface area contributed by atoms with Gasteiger partial charge in [-0.2, -0.15) is 5.10 Å². The molecule has 2 amide bonds. The van der Waals surface area contributed by atoms with Gasteiger partial charge in [-0.15, -0.1) is 0 Å². The topological polar surface area (TPSA) is 116 Å². The van der Waals surface area contributed by atoms with E-state index in [-0.39, 0.29) is 30.4 Å². The van der Waals surface area contributed by atoms with Crippen LogP contribution in [0.2, 0.25) is 0 Å². The number of ether oxygens (including phenoxy) is 1. The minimum absolute atomic E-state index is 0. The molecule has 0 bridgehead atoms. The minimum Gasteiger partial charge on any atom is -0.383 e. The van der Waals surface area contributed by atoms with Crippen LogP contribution in [0.1, 0.15) is 62.0 Å². The number of carbonyl (C=O) groups excluding carboxylic acids is 2. The number of nitrogens with zero attached hydrogens (tertiary/aromatic N) is 3. The van der Waals surface area contributed by atoms with Crippen molar-refractivity contribution in [3.05, 3.63) is 35.4 Å². The van der Waals surface area contributed by atoms with Gasteiger partial charge in [-0.3, -0.25) is 9.59 Å². The van der Waals surface area contributed by atoms with Gasteiger partial charge in [0.25, 0.3) is 11.8 Å². The molecule has 4 rings (SSSR count). The van der Waals surface area contributed by atoms with E-state index in [4.69, 9.17) is 21.3 Å². The van der Waals surface area contributed by atoms with Gasteiger partial charge >= 0.3 is 0 Å². The van der Waals surface area contributed by atoms with Crippen LogP contribution in [0.3, 0.4) is 0 Å². The maximum absolute atomic E-state index is 12.2. The Balaban J connectivity index is 0.00000306. The van der Waals surface area contributed by atoms with Crippen LogP contribution in [0.15, 0.2) is 24.3 Å². The summed E-state index contributed by atoms with van der Waals surface area (Å²) in [4.78, 5) is 26.3. The second-order valence-corrected chi connectivity index (χ2v) is 8.74. The summed E-state index contributed by atoms with van der Waals surface area (Å²) in [6.07, 6.45) is 3.33. The van der Waals surface area contributed by atoms with Crippen molar-refractivity contribution in [1.82, 2.24) is 14.7 Å². The molecule has 1 saturated carbocycles. The number of hydrogen-bond donors (Lipinski definition) is 2. The molecule has 0 atom stereocenters. The molecule has 8 nitrogen and oxygen atoms in total. The van der Waals surface area contributed by atoms with Gasteiger partial charge in [0.05, 0.1) is 12.6 Å². The minimum atomic E-state index is -0.592. The smallest absolute Gasteiger partial charge is 0.298 e. The van der Waals surface area contributed by atoms with Crippen molar-refractivity contribution in [2.24, 2.45) is 11.1 Å². The second-order valence-electron chi connectivity index (χ2n) is 8.74. The number of rotatable bonds is 5. The molecule has 1 aliphatic heterocycles. The molecule has 33 heavy (non-hydrogen) atoms. The van der Waals surface area contributed by atoms with Crippen LogP contribution >= 0.6 is 0 Å². The van der Waals surface area contributed by atoms with Crippen molar-refractivity contribution >= 4 is 17.6 Å². The number of methoxy groups -OCH3 is 1. The fraction of sp³-hybridized carbons (Fsp3) is 0.480. The molecule has 2 heterocycles. The van der Waals surface area contributed by atoms with E-state index >= 15 is 0 Å². The van der Waals surface area contributed by atoms with E-state index in [0.29, 0.717) is 31.1 Å². The molecule has 1 aromatic heterocycles. The first-order chi connectivity index (χ1) is 15.4. The van der Waals surface area contributed by atoms with Crippen LogP contribution in [0.25, 0.3) is 11.3 Å². The molecule has 8 heteroatoms. The Kier molecular flexibility index (Phi) is 7.13. The molecule has 1 aromatic carbocycles. The first-order valence-electron chi connectivity index (χ1n) is 10.9. The van der Waals surface area contributed by atoms with Crippen LogP contribution in [0, 0.1) is 17.3 Å². The van der Waals surface area contributed by atoms with E-state index in [1.807, 2.05) is 36.1 Å². The van der Waals surface area contributed by atoms with E-state index in [1.54, 1.807) is 11.8 Å². The number of carbonyl (C=O) groups is 2. The highest BCUT2D eigenvalue weighted by Crippen LogP contribution is 2.54. The zero-order valence-electron chi connectivity index (χ0n) is 18.6. The van der Waals surface area contributed by atoms with Crippen molar-refractivity contribution in [3.8, 4) is 23.1 Å². The first kappa shape index (κ1) is 24.3. The fourth-order valence-electron chi connectivity index (χ4n) is 4.89. The lowest BCUT2D eigenvalue weighted by Crippen LogP contribution is -2.42. The summed E-state index contributed by atoms with van der Waals surface area (Å²) in [7, 11) is 1.64. The Bertz CT molecular complexity index is 1090. The Morgan fingerprint density at radius 3 is 2.58 bits per heavy atom. The number of anilines is 1. The summed E-state index contributed by atoms with van der Waals surface area (Å²) in [5, 5.41) is 4.70. The molecular formula is C25H33N5O3. The number of nitrogens with two attached hydrogens (primary N) is 2. The van der Waals surface area contributed by atoms with Crippen molar-refractivity contribution in [2.75, 3.05) is 25.9 Å². The van der Waals surface area contributed by atoms with E-state index in [2.05, 4.69) is 11.8 Å².